The first-order valence-electron chi connectivity index (χ1n) is 14.8. The molecule has 0 amide bonds. The Morgan fingerprint density at radius 2 is 1.30 bits per heavy atom. The van der Waals surface area contributed by atoms with Crippen molar-refractivity contribution in [3.63, 3.8) is 0 Å². The minimum Gasteiger partial charge on any atom is -0.292 e. The molecule has 1 aliphatic carbocycles. The van der Waals surface area contributed by atoms with Gasteiger partial charge in [0.1, 0.15) is 5.82 Å². The first-order valence-corrected chi connectivity index (χ1v) is 18.3. The summed E-state index contributed by atoms with van der Waals surface area (Å²) in [4.78, 5) is 5.30. The number of hydrogen-bond acceptors (Lipinski definition) is 1. The highest BCUT2D eigenvalue weighted by Gasteiger charge is 2.36. The van der Waals surface area contributed by atoms with E-state index in [1.165, 1.54) is 49.8 Å². The maximum atomic E-state index is 5.30. The van der Waals surface area contributed by atoms with E-state index in [1.54, 1.807) is 0 Å². The number of hydrogen-bond donors (Lipinski definition) is 0. The predicted octanol–water partition coefficient (Wildman–Crippen LogP) is 9.79. The molecule has 0 fully saturated rings. The SMILES string of the molecule is CC(C)c1cccc(C(C)C)c1-n1c(-c2ccc3c(c2)-c2cc([Si](C)(C)C)ccc2C3(C)C)nc2ccccc21. The van der Waals surface area contributed by atoms with E-state index in [-0.39, 0.29) is 5.41 Å². The summed E-state index contributed by atoms with van der Waals surface area (Å²) in [5, 5.41) is 1.51. The lowest BCUT2D eigenvalue weighted by atomic mass is 9.82. The molecule has 0 N–H and O–H groups in total. The lowest BCUT2D eigenvalue weighted by Crippen LogP contribution is -2.37. The summed E-state index contributed by atoms with van der Waals surface area (Å²) in [6.45, 7) is 21.2. The lowest BCUT2D eigenvalue weighted by molar-refractivity contribution is 0.660. The van der Waals surface area contributed by atoms with E-state index in [2.05, 4.69) is 145 Å². The van der Waals surface area contributed by atoms with Gasteiger partial charge >= 0.3 is 0 Å². The Kier molecular flexibility index (Phi) is 6.23. The second-order valence-electron chi connectivity index (χ2n) is 13.7. The fraction of sp³-hybridized carbons (Fsp3) is 0.324. The lowest BCUT2D eigenvalue weighted by Gasteiger charge is -2.23. The molecular weight excluding hydrogens is 501 g/mol. The van der Waals surface area contributed by atoms with Crippen LogP contribution in [0.4, 0.5) is 0 Å². The van der Waals surface area contributed by atoms with Crippen LogP contribution in [-0.2, 0) is 5.41 Å². The first kappa shape index (κ1) is 26.8. The Balaban J connectivity index is 1.65. The summed E-state index contributed by atoms with van der Waals surface area (Å²) < 4.78 is 2.45. The van der Waals surface area contributed by atoms with E-state index in [1.807, 2.05) is 0 Å². The van der Waals surface area contributed by atoms with Crippen LogP contribution in [0.3, 0.4) is 0 Å². The summed E-state index contributed by atoms with van der Waals surface area (Å²) in [5.41, 5.74) is 13.0. The molecule has 3 heteroatoms. The molecule has 2 nitrogen and oxygen atoms in total. The third-order valence-electron chi connectivity index (χ3n) is 8.93. The van der Waals surface area contributed by atoms with Crippen molar-refractivity contribution in [2.75, 3.05) is 0 Å². The minimum atomic E-state index is -1.45. The summed E-state index contributed by atoms with van der Waals surface area (Å²) >= 11 is 0. The smallest absolute Gasteiger partial charge is 0.145 e. The van der Waals surface area contributed by atoms with Crippen LogP contribution in [0.15, 0.2) is 78.9 Å². The fourth-order valence-corrected chi connectivity index (χ4v) is 7.75. The molecule has 1 aliphatic rings. The Bertz CT molecular complexity index is 1740. The average Bonchev–Trinajstić information content (AvgIpc) is 3.40. The quantitative estimate of drug-likeness (QED) is 0.202. The van der Waals surface area contributed by atoms with Crippen LogP contribution in [-0.4, -0.2) is 17.6 Å². The first-order chi connectivity index (χ1) is 18.9. The molecule has 0 aliphatic heterocycles. The van der Waals surface area contributed by atoms with Gasteiger partial charge in [-0.15, -0.1) is 0 Å². The van der Waals surface area contributed by atoms with Crippen LogP contribution in [0, 0.1) is 0 Å². The van der Waals surface area contributed by atoms with Gasteiger partial charge < -0.3 is 0 Å². The largest absolute Gasteiger partial charge is 0.292 e. The molecule has 5 aromatic rings. The summed E-state index contributed by atoms with van der Waals surface area (Å²) in [6.07, 6.45) is 0. The molecule has 0 radical (unpaired) electrons. The number of para-hydroxylation sites is 3. The van der Waals surface area contributed by atoms with E-state index < -0.39 is 8.07 Å². The highest BCUT2D eigenvalue weighted by Crippen LogP contribution is 2.49. The van der Waals surface area contributed by atoms with Gasteiger partial charge in [-0.1, -0.05) is 127 Å². The van der Waals surface area contributed by atoms with Crippen LogP contribution in [0.2, 0.25) is 19.6 Å². The molecule has 1 aromatic heterocycles. The van der Waals surface area contributed by atoms with Crippen molar-refractivity contribution >= 4 is 24.3 Å². The zero-order valence-corrected chi connectivity index (χ0v) is 26.6. The Labute approximate surface area is 241 Å². The highest BCUT2D eigenvalue weighted by molar-refractivity contribution is 6.88. The Hall–Kier alpha value is -3.43. The number of fused-ring (bicyclic) bond motifs is 4. The normalized spacial score (nSPS) is 14.3. The molecule has 204 valence electrons. The van der Waals surface area contributed by atoms with Crippen molar-refractivity contribution in [1.29, 1.82) is 0 Å². The topological polar surface area (TPSA) is 17.8 Å². The van der Waals surface area contributed by atoms with Crippen molar-refractivity contribution in [3.05, 3.63) is 101 Å². The van der Waals surface area contributed by atoms with Gasteiger partial charge in [0.15, 0.2) is 0 Å². The number of nitrogens with zero attached hydrogens (tertiary/aromatic N) is 2. The molecular formula is C37H42N2Si. The van der Waals surface area contributed by atoms with E-state index in [0.29, 0.717) is 11.8 Å². The number of rotatable bonds is 5. The summed E-state index contributed by atoms with van der Waals surface area (Å²) in [7, 11) is -1.45. The second kappa shape index (κ2) is 9.31. The maximum Gasteiger partial charge on any atom is 0.145 e. The third-order valence-corrected chi connectivity index (χ3v) is 11.0. The van der Waals surface area contributed by atoms with Gasteiger partial charge in [-0.25, -0.2) is 4.98 Å². The molecule has 0 unspecified atom stereocenters. The van der Waals surface area contributed by atoms with Gasteiger partial charge in [-0.3, -0.25) is 4.57 Å². The van der Waals surface area contributed by atoms with E-state index in [9.17, 15) is 0 Å². The molecule has 0 bridgehead atoms. The predicted molar refractivity (Wildman–Crippen MR) is 175 cm³/mol. The zero-order chi connectivity index (χ0) is 28.6. The van der Waals surface area contributed by atoms with Gasteiger partial charge in [0.25, 0.3) is 0 Å². The summed E-state index contributed by atoms with van der Waals surface area (Å²) in [6, 6.07) is 29.8. The van der Waals surface area contributed by atoms with E-state index in [4.69, 9.17) is 4.98 Å². The van der Waals surface area contributed by atoms with Gasteiger partial charge in [-0.2, -0.15) is 0 Å². The van der Waals surface area contributed by atoms with E-state index in [0.717, 1.165) is 16.9 Å². The monoisotopic (exact) mass is 542 g/mol. The van der Waals surface area contributed by atoms with E-state index >= 15 is 0 Å². The van der Waals surface area contributed by atoms with Crippen molar-refractivity contribution in [3.8, 4) is 28.2 Å². The standard InChI is InChI=1S/C37H42N2Si/c1-23(2)27-13-12-14-28(24(3)4)35(27)39-34-16-11-10-15-33(34)38-36(39)25-17-19-31-29(21-25)30-22-26(40(7,8)9)18-20-32(30)37(31,5)6/h10-24H,1-9H3. The molecule has 0 spiro atoms. The molecule has 0 saturated carbocycles. The molecule has 1 heterocycles. The van der Waals surface area contributed by atoms with Crippen LogP contribution in [0.5, 0.6) is 0 Å². The van der Waals surface area contributed by atoms with Crippen LogP contribution in [0.25, 0.3) is 39.2 Å². The van der Waals surface area contributed by atoms with Crippen molar-refractivity contribution in [2.45, 2.75) is 78.4 Å². The van der Waals surface area contributed by atoms with Crippen molar-refractivity contribution < 1.29 is 0 Å². The van der Waals surface area contributed by atoms with Gasteiger partial charge in [0, 0.05) is 11.0 Å². The number of imidazole rings is 1. The second-order valence-corrected chi connectivity index (χ2v) is 18.8. The van der Waals surface area contributed by atoms with Crippen LogP contribution < -0.4 is 5.19 Å². The molecule has 40 heavy (non-hydrogen) atoms. The van der Waals surface area contributed by atoms with Crippen LogP contribution in [0.1, 0.15) is 75.6 Å². The van der Waals surface area contributed by atoms with Crippen molar-refractivity contribution in [2.24, 2.45) is 0 Å². The Morgan fingerprint density at radius 1 is 0.700 bits per heavy atom. The number of benzene rings is 4. The fourth-order valence-electron chi connectivity index (χ4n) is 6.59. The average molecular weight is 543 g/mol. The van der Waals surface area contributed by atoms with Gasteiger partial charge in [-0.05, 0) is 63.4 Å². The summed E-state index contributed by atoms with van der Waals surface area (Å²) in [5.74, 6) is 1.82. The molecule has 4 aromatic carbocycles. The Morgan fingerprint density at radius 3 is 1.93 bits per heavy atom. The molecule has 6 rings (SSSR count). The number of aromatic nitrogens is 2. The zero-order valence-electron chi connectivity index (χ0n) is 25.6. The minimum absolute atomic E-state index is 0.0175. The molecule has 0 atom stereocenters. The van der Waals surface area contributed by atoms with Crippen LogP contribution >= 0.6 is 0 Å². The van der Waals surface area contributed by atoms with Crippen molar-refractivity contribution in [1.82, 2.24) is 9.55 Å². The van der Waals surface area contributed by atoms with Gasteiger partial charge in [0.05, 0.1) is 24.8 Å². The van der Waals surface area contributed by atoms with Gasteiger partial charge in [0.2, 0.25) is 0 Å². The molecule has 0 saturated heterocycles. The third kappa shape index (κ3) is 4.09. The maximum absolute atomic E-state index is 5.30. The highest BCUT2D eigenvalue weighted by atomic mass is 28.3.